The molecule has 21 heavy (non-hydrogen) atoms. The summed E-state index contributed by atoms with van der Waals surface area (Å²) in [6.07, 6.45) is 0. The predicted molar refractivity (Wildman–Crippen MR) is 84.7 cm³/mol. The third kappa shape index (κ3) is 4.14. The van der Waals surface area contributed by atoms with E-state index in [1.165, 1.54) is 6.07 Å². The van der Waals surface area contributed by atoms with Gasteiger partial charge in [-0.15, -0.1) is 0 Å². The Morgan fingerprint density at radius 3 is 2.43 bits per heavy atom. The van der Waals surface area contributed by atoms with Gasteiger partial charge in [-0.3, -0.25) is 0 Å². The van der Waals surface area contributed by atoms with E-state index in [1.807, 2.05) is 0 Å². The van der Waals surface area contributed by atoms with Gasteiger partial charge in [0.15, 0.2) is 0 Å². The minimum absolute atomic E-state index is 0.328. The van der Waals surface area contributed by atoms with Crippen molar-refractivity contribution in [3.05, 3.63) is 58.3 Å². The molecule has 0 aliphatic carbocycles. The van der Waals surface area contributed by atoms with Crippen LogP contribution in [0.5, 0.6) is 0 Å². The van der Waals surface area contributed by atoms with Crippen LogP contribution >= 0.6 is 15.9 Å². The number of hydrogen-bond acceptors (Lipinski definition) is 2. The number of ether oxygens (including phenoxy) is 1. The van der Waals surface area contributed by atoms with Gasteiger partial charge in [0.05, 0.1) is 5.56 Å². The standard InChI is InChI=1S/C17H16BrFO2/c1-17(2,3)21-16(20)12-8-11(9-13(18)10-12)14-6-4-5-7-15(14)19/h4-10H,1-3H3. The van der Waals surface area contributed by atoms with Gasteiger partial charge in [-0.25, -0.2) is 9.18 Å². The summed E-state index contributed by atoms with van der Waals surface area (Å²) < 4.78 is 19.9. The highest BCUT2D eigenvalue weighted by Crippen LogP contribution is 2.28. The molecule has 4 heteroatoms. The Bertz CT molecular complexity index is 675. The third-order valence-electron chi connectivity index (χ3n) is 2.72. The molecule has 0 spiro atoms. The van der Waals surface area contributed by atoms with E-state index in [1.54, 1.807) is 57.2 Å². The van der Waals surface area contributed by atoms with Crippen LogP contribution in [0.3, 0.4) is 0 Å². The fourth-order valence-electron chi connectivity index (χ4n) is 1.90. The first kappa shape index (κ1) is 15.7. The van der Waals surface area contributed by atoms with Crippen molar-refractivity contribution >= 4 is 21.9 Å². The van der Waals surface area contributed by atoms with Crippen LogP contribution in [-0.2, 0) is 4.74 Å². The molecule has 110 valence electrons. The first-order valence-corrected chi connectivity index (χ1v) is 7.34. The third-order valence-corrected chi connectivity index (χ3v) is 3.18. The van der Waals surface area contributed by atoms with Crippen LogP contribution < -0.4 is 0 Å². The SMILES string of the molecule is CC(C)(C)OC(=O)c1cc(Br)cc(-c2ccccc2F)c1. The van der Waals surface area contributed by atoms with Crippen molar-refractivity contribution in [2.45, 2.75) is 26.4 Å². The highest BCUT2D eigenvalue weighted by molar-refractivity contribution is 9.10. The Hall–Kier alpha value is -1.68. The van der Waals surface area contributed by atoms with Crippen molar-refractivity contribution in [3.8, 4) is 11.1 Å². The first-order chi connectivity index (χ1) is 9.76. The van der Waals surface area contributed by atoms with Crippen LogP contribution in [0, 0.1) is 5.82 Å². The normalized spacial score (nSPS) is 11.3. The second-order valence-corrected chi connectivity index (χ2v) is 6.63. The molecular formula is C17H16BrFO2. The summed E-state index contributed by atoms with van der Waals surface area (Å²) in [6.45, 7) is 5.42. The van der Waals surface area contributed by atoms with Crippen molar-refractivity contribution in [3.63, 3.8) is 0 Å². The van der Waals surface area contributed by atoms with Gasteiger partial charge in [-0.05, 0) is 50.6 Å². The van der Waals surface area contributed by atoms with Crippen molar-refractivity contribution in [1.29, 1.82) is 0 Å². The second kappa shape index (κ2) is 5.98. The van der Waals surface area contributed by atoms with Crippen LogP contribution in [0.4, 0.5) is 4.39 Å². The van der Waals surface area contributed by atoms with Gasteiger partial charge in [0.2, 0.25) is 0 Å². The van der Waals surface area contributed by atoms with Crippen molar-refractivity contribution in [2.24, 2.45) is 0 Å². The maximum atomic E-state index is 13.9. The molecule has 0 amide bonds. The molecule has 0 heterocycles. The van der Waals surface area contributed by atoms with Crippen LogP contribution in [0.2, 0.25) is 0 Å². The molecule has 0 fully saturated rings. The molecule has 0 aliphatic rings. The van der Waals surface area contributed by atoms with E-state index in [2.05, 4.69) is 15.9 Å². The zero-order chi connectivity index (χ0) is 15.6. The molecule has 0 bridgehead atoms. The van der Waals surface area contributed by atoms with Crippen molar-refractivity contribution in [1.82, 2.24) is 0 Å². The average Bonchev–Trinajstić information content (AvgIpc) is 2.36. The van der Waals surface area contributed by atoms with Crippen LogP contribution in [0.15, 0.2) is 46.9 Å². The van der Waals surface area contributed by atoms with Gasteiger partial charge < -0.3 is 4.74 Å². The van der Waals surface area contributed by atoms with Crippen molar-refractivity contribution in [2.75, 3.05) is 0 Å². The lowest BCUT2D eigenvalue weighted by molar-refractivity contribution is 0.00695. The number of halogens is 2. The van der Waals surface area contributed by atoms with E-state index in [0.717, 1.165) is 0 Å². The highest BCUT2D eigenvalue weighted by atomic mass is 79.9. The second-order valence-electron chi connectivity index (χ2n) is 5.71. The van der Waals surface area contributed by atoms with Gasteiger partial charge in [0.25, 0.3) is 0 Å². The molecule has 0 saturated heterocycles. The average molecular weight is 351 g/mol. The molecule has 2 aromatic carbocycles. The Balaban J connectivity index is 2.43. The summed E-state index contributed by atoms with van der Waals surface area (Å²) in [4.78, 5) is 12.1. The Morgan fingerprint density at radius 1 is 1.14 bits per heavy atom. The Labute approximate surface area is 132 Å². The van der Waals surface area contributed by atoms with Crippen LogP contribution in [0.1, 0.15) is 31.1 Å². The zero-order valence-electron chi connectivity index (χ0n) is 12.1. The molecule has 2 aromatic rings. The minimum Gasteiger partial charge on any atom is -0.456 e. The topological polar surface area (TPSA) is 26.3 Å². The van der Waals surface area contributed by atoms with Gasteiger partial charge in [0, 0.05) is 10.0 Å². The zero-order valence-corrected chi connectivity index (χ0v) is 13.7. The summed E-state index contributed by atoms with van der Waals surface area (Å²) >= 11 is 3.35. The van der Waals surface area contributed by atoms with E-state index in [0.29, 0.717) is 21.2 Å². The molecule has 0 unspecified atom stereocenters. The summed E-state index contributed by atoms with van der Waals surface area (Å²) in [7, 11) is 0. The number of carbonyl (C=O) groups excluding carboxylic acids is 1. The lowest BCUT2D eigenvalue weighted by atomic mass is 10.0. The summed E-state index contributed by atoms with van der Waals surface area (Å²) in [5, 5.41) is 0. The molecule has 0 aromatic heterocycles. The largest absolute Gasteiger partial charge is 0.456 e. The quantitative estimate of drug-likeness (QED) is 0.694. The summed E-state index contributed by atoms with van der Waals surface area (Å²) in [5.74, 6) is -0.757. The molecule has 2 rings (SSSR count). The smallest absolute Gasteiger partial charge is 0.338 e. The number of hydrogen-bond donors (Lipinski definition) is 0. The Kier molecular flexibility index (Phi) is 4.47. The maximum Gasteiger partial charge on any atom is 0.338 e. The number of rotatable bonds is 2. The summed E-state index contributed by atoms with van der Waals surface area (Å²) in [5.41, 5.74) is 0.891. The highest BCUT2D eigenvalue weighted by Gasteiger charge is 2.19. The fourth-order valence-corrected chi connectivity index (χ4v) is 2.39. The molecule has 0 aliphatic heterocycles. The first-order valence-electron chi connectivity index (χ1n) is 6.55. The van der Waals surface area contributed by atoms with E-state index >= 15 is 0 Å². The van der Waals surface area contributed by atoms with Crippen LogP contribution in [-0.4, -0.2) is 11.6 Å². The number of carbonyl (C=O) groups is 1. The van der Waals surface area contributed by atoms with E-state index in [-0.39, 0.29) is 5.82 Å². The van der Waals surface area contributed by atoms with Crippen LogP contribution in [0.25, 0.3) is 11.1 Å². The lowest BCUT2D eigenvalue weighted by Gasteiger charge is -2.19. The van der Waals surface area contributed by atoms with E-state index < -0.39 is 11.6 Å². The van der Waals surface area contributed by atoms with E-state index in [4.69, 9.17) is 4.74 Å². The van der Waals surface area contributed by atoms with E-state index in [9.17, 15) is 9.18 Å². The number of esters is 1. The monoisotopic (exact) mass is 350 g/mol. The molecule has 2 nitrogen and oxygen atoms in total. The molecule has 0 N–H and O–H groups in total. The van der Waals surface area contributed by atoms with Gasteiger partial charge in [-0.1, -0.05) is 34.1 Å². The molecule has 0 radical (unpaired) electrons. The van der Waals surface area contributed by atoms with Gasteiger partial charge >= 0.3 is 5.97 Å². The molecular weight excluding hydrogens is 335 g/mol. The predicted octanol–water partition coefficient (Wildman–Crippen LogP) is 5.21. The maximum absolute atomic E-state index is 13.9. The Morgan fingerprint density at radius 2 is 1.81 bits per heavy atom. The fraction of sp³-hybridized carbons (Fsp3) is 0.235. The molecule has 0 atom stereocenters. The summed E-state index contributed by atoms with van der Waals surface area (Å²) in [6, 6.07) is 11.5. The lowest BCUT2D eigenvalue weighted by Crippen LogP contribution is -2.23. The molecule has 0 saturated carbocycles. The number of benzene rings is 2. The minimum atomic E-state index is -0.572. The van der Waals surface area contributed by atoms with Gasteiger partial charge in [0.1, 0.15) is 11.4 Å². The van der Waals surface area contributed by atoms with Crippen molar-refractivity contribution < 1.29 is 13.9 Å². The van der Waals surface area contributed by atoms with Gasteiger partial charge in [-0.2, -0.15) is 0 Å².